The van der Waals surface area contributed by atoms with E-state index >= 15 is 0 Å². The van der Waals surface area contributed by atoms with Crippen LogP contribution in [0.3, 0.4) is 0 Å². The molecule has 0 bridgehead atoms. The number of aromatic nitrogens is 7. The first kappa shape index (κ1) is 81.7. The zero-order valence-corrected chi connectivity index (χ0v) is 74.1. The SMILES string of the molecule is c1ccc(-c2cc(-c3ccc(-c4ccc(-c5ccc6oc7ccccc7c6c5)cc4)c4ccccc34)nc(-c3ccccc3)n2)cc1.c1ccc(-c2ccc(-c3cc(-c4ccc(-c5ccc6c(c5)oc5ccc7ccccc7c56)cc4)nc(-c4ccccc4)n3)cc2)cc1.c1ccc(-c2nc(-c3ccccc3)nc(-c3ccc(-c4cccc(-c5ccc6oc7ccccc7c6c5)c4)cc3)n2)cc1. The number of hydrogen-bond acceptors (Lipinski definition) is 10. The van der Waals surface area contributed by atoms with Crippen molar-refractivity contribution in [1.82, 2.24) is 34.9 Å². The molecule has 0 aliphatic rings. The van der Waals surface area contributed by atoms with Gasteiger partial charge in [-0.2, -0.15) is 0 Å². The number of fused-ring (bicyclic) bond motifs is 12. The third kappa shape index (κ3) is 16.5. The Morgan fingerprint density at radius 3 is 0.905 bits per heavy atom. The summed E-state index contributed by atoms with van der Waals surface area (Å²) in [6.45, 7) is 0. The summed E-state index contributed by atoms with van der Waals surface area (Å²) in [6.07, 6.45) is 0. The van der Waals surface area contributed by atoms with Gasteiger partial charge in [-0.3, -0.25) is 0 Å². The van der Waals surface area contributed by atoms with Crippen molar-refractivity contribution in [2.24, 2.45) is 0 Å². The molecule has 6 aromatic heterocycles. The number of hydrogen-bond donors (Lipinski definition) is 0. The van der Waals surface area contributed by atoms with Crippen molar-refractivity contribution in [3.05, 3.63) is 491 Å². The van der Waals surface area contributed by atoms with Crippen LogP contribution in [-0.4, -0.2) is 34.9 Å². The van der Waals surface area contributed by atoms with E-state index in [1.54, 1.807) is 0 Å². The molecule has 137 heavy (non-hydrogen) atoms. The lowest BCUT2D eigenvalue weighted by molar-refractivity contribution is 0.668. The molecule has 0 radical (unpaired) electrons. The van der Waals surface area contributed by atoms with Crippen LogP contribution >= 0.6 is 0 Å². The normalized spacial score (nSPS) is 11.4. The van der Waals surface area contributed by atoms with Gasteiger partial charge in [0, 0.05) is 82.4 Å². The maximum Gasteiger partial charge on any atom is 0.164 e. The van der Waals surface area contributed by atoms with Crippen LogP contribution in [0.5, 0.6) is 0 Å². The highest BCUT2D eigenvalue weighted by Crippen LogP contribution is 2.44. The topological polar surface area (TPSA) is 130 Å². The summed E-state index contributed by atoms with van der Waals surface area (Å²) < 4.78 is 18.4. The zero-order chi connectivity index (χ0) is 90.9. The predicted molar refractivity (Wildman–Crippen MR) is 562 cm³/mol. The van der Waals surface area contributed by atoms with E-state index in [0.29, 0.717) is 29.1 Å². The Morgan fingerprint density at radius 1 is 0.124 bits per heavy atom. The van der Waals surface area contributed by atoms with Gasteiger partial charge in [-0.05, 0) is 161 Å². The first-order valence-electron chi connectivity index (χ1n) is 45.9. The summed E-state index contributed by atoms with van der Waals surface area (Å²) in [4.78, 5) is 34.7. The first-order valence-corrected chi connectivity index (χ1v) is 45.9. The molecule has 0 saturated carbocycles. The van der Waals surface area contributed by atoms with E-state index in [-0.39, 0.29) is 0 Å². The lowest BCUT2D eigenvalue weighted by Gasteiger charge is -2.14. The van der Waals surface area contributed by atoms with Crippen LogP contribution in [-0.2, 0) is 0 Å². The highest BCUT2D eigenvalue weighted by molar-refractivity contribution is 6.19. The first-order chi connectivity index (χ1) is 67.8. The van der Waals surface area contributed by atoms with Crippen LogP contribution in [0, 0.1) is 0 Å². The van der Waals surface area contributed by atoms with Crippen LogP contribution in [0.25, 0.3) is 256 Å². The van der Waals surface area contributed by atoms with E-state index in [0.717, 1.165) is 172 Å². The summed E-state index contributed by atoms with van der Waals surface area (Å²) in [6, 6.07) is 170. The van der Waals surface area contributed by atoms with Crippen molar-refractivity contribution in [1.29, 1.82) is 0 Å². The van der Waals surface area contributed by atoms with Gasteiger partial charge in [-0.1, -0.05) is 419 Å². The Labute approximate surface area is 790 Å². The van der Waals surface area contributed by atoms with E-state index < -0.39 is 0 Å². The molecule has 10 nitrogen and oxygen atoms in total. The molecular formula is C127H81N7O3. The number of para-hydroxylation sites is 2. The van der Waals surface area contributed by atoms with E-state index in [1.807, 2.05) is 146 Å². The van der Waals surface area contributed by atoms with E-state index in [4.69, 9.17) is 48.1 Å². The Balaban J connectivity index is 0.000000112. The predicted octanol–water partition coefficient (Wildman–Crippen LogP) is 33.8. The standard InChI is InChI=1S/2C44H28N2O.C39H25N3O/c1-3-11-31(12-4-1)40-28-41(46-44(45-40)32-13-5-2-6-14-32)37-25-24-34(35-15-7-8-16-36(35)37)30-21-19-29(20-22-30)33-23-26-43-39(27-33)38-17-9-10-18-42(38)47-43;1-3-9-29(10-4-1)30-15-19-33(20-16-30)39-28-40(46-44(45-39)35-12-5-2-6-13-35)34-21-17-31(18-22-34)36-23-25-38-42(27-36)47-41-26-24-32-11-7-8-14-37(32)43(38)41;1-3-10-27(11-4-1)37-40-38(28-12-5-2-6-13-28)42-39(41-37)29-20-18-26(19-21-29)30-14-9-15-31(24-30)32-22-23-36-34(25-32)33-16-7-8-17-35(33)43-36/h2*1-28H;1-25H. The monoisotopic (exact) mass is 1750 g/mol. The molecule has 20 aromatic carbocycles. The maximum atomic E-state index is 6.34. The fourth-order valence-electron chi connectivity index (χ4n) is 18.6. The smallest absolute Gasteiger partial charge is 0.164 e. The minimum atomic E-state index is 0.647. The van der Waals surface area contributed by atoms with Crippen LogP contribution in [0.4, 0.5) is 0 Å². The summed E-state index contributed by atoms with van der Waals surface area (Å²) in [7, 11) is 0. The zero-order valence-electron chi connectivity index (χ0n) is 74.1. The minimum absolute atomic E-state index is 0.647. The number of rotatable bonds is 15. The van der Waals surface area contributed by atoms with E-state index in [2.05, 4.69) is 346 Å². The summed E-state index contributed by atoms with van der Waals surface area (Å²) in [5.74, 6) is 3.38. The van der Waals surface area contributed by atoms with Gasteiger partial charge in [-0.25, -0.2) is 34.9 Å². The second kappa shape index (κ2) is 36.0. The van der Waals surface area contributed by atoms with Gasteiger partial charge >= 0.3 is 0 Å². The van der Waals surface area contributed by atoms with Crippen molar-refractivity contribution < 1.29 is 13.3 Å². The molecule has 0 saturated heterocycles. The van der Waals surface area contributed by atoms with Crippen molar-refractivity contribution >= 4 is 87.4 Å². The number of furan rings is 3. The molecule has 10 heteroatoms. The molecule has 0 atom stereocenters. The fourth-order valence-corrected chi connectivity index (χ4v) is 18.6. The molecule has 0 N–H and O–H groups in total. The third-order valence-electron chi connectivity index (χ3n) is 25.6. The Morgan fingerprint density at radius 2 is 0.409 bits per heavy atom. The lowest BCUT2D eigenvalue weighted by atomic mass is 9.92. The fraction of sp³-hybridized carbons (Fsp3) is 0. The molecule has 0 aliphatic heterocycles. The quantitative estimate of drug-likeness (QED) is 0.0978. The average Bonchev–Trinajstić information content (AvgIpc) is 1.61. The molecule has 26 aromatic rings. The molecular weight excluding hydrogens is 1670 g/mol. The van der Waals surface area contributed by atoms with Crippen LogP contribution < -0.4 is 0 Å². The van der Waals surface area contributed by atoms with Crippen molar-refractivity contribution in [2.75, 3.05) is 0 Å². The molecule has 26 rings (SSSR count). The third-order valence-corrected chi connectivity index (χ3v) is 25.6. The van der Waals surface area contributed by atoms with Gasteiger partial charge in [0.1, 0.15) is 33.5 Å². The van der Waals surface area contributed by atoms with Gasteiger partial charge in [0.25, 0.3) is 0 Å². The van der Waals surface area contributed by atoms with Crippen molar-refractivity contribution in [3.63, 3.8) is 0 Å². The van der Waals surface area contributed by atoms with Gasteiger partial charge in [0.05, 0.1) is 22.8 Å². The highest BCUT2D eigenvalue weighted by Gasteiger charge is 2.21. The van der Waals surface area contributed by atoms with E-state index in [1.165, 1.54) is 54.9 Å². The molecule has 6 heterocycles. The van der Waals surface area contributed by atoms with E-state index in [9.17, 15) is 0 Å². The molecule has 0 fully saturated rings. The number of benzene rings is 20. The number of nitrogens with zero attached hydrogens (tertiary/aromatic N) is 7. The summed E-state index contributed by atoms with van der Waals surface area (Å²) in [5, 5.41) is 11.6. The second-order valence-electron chi connectivity index (χ2n) is 34.1. The van der Waals surface area contributed by atoms with Gasteiger partial charge in [0.15, 0.2) is 29.1 Å². The Hall–Kier alpha value is -18.5. The summed E-state index contributed by atoms with van der Waals surface area (Å²) in [5.41, 5.74) is 32.0. The summed E-state index contributed by atoms with van der Waals surface area (Å²) >= 11 is 0. The Kier molecular flexibility index (Phi) is 21.5. The largest absolute Gasteiger partial charge is 0.456 e. The van der Waals surface area contributed by atoms with Crippen molar-refractivity contribution in [3.8, 4) is 169 Å². The molecule has 0 spiro atoms. The highest BCUT2D eigenvalue weighted by atomic mass is 16.3. The van der Waals surface area contributed by atoms with Gasteiger partial charge in [-0.15, -0.1) is 0 Å². The van der Waals surface area contributed by atoms with Gasteiger partial charge < -0.3 is 13.3 Å². The molecule has 0 amide bonds. The molecule has 0 unspecified atom stereocenters. The van der Waals surface area contributed by atoms with Crippen LogP contribution in [0.15, 0.2) is 505 Å². The van der Waals surface area contributed by atoms with Crippen molar-refractivity contribution in [2.45, 2.75) is 0 Å². The minimum Gasteiger partial charge on any atom is -0.456 e. The van der Waals surface area contributed by atoms with Gasteiger partial charge in [0.2, 0.25) is 0 Å². The maximum absolute atomic E-state index is 6.34. The molecule has 0 aliphatic carbocycles. The lowest BCUT2D eigenvalue weighted by Crippen LogP contribution is -2.00. The van der Waals surface area contributed by atoms with Crippen LogP contribution in [0.1, 0.15) is 0 Å². The van der Waals surface area contributed by atoms with Crippen LogP contribution in [0.2, 0.25) is 0 Å². The molecule has 642 valence electrons. The second-order valence-corrected chi connectivity index (χ2v) is 34.1. The Bertz CT molecular complexity index is 8850. The average molecular weight is 1750 g/mol.